The van der Waals surface area contributed by atoms with E-state index in [1.807, 2.05) is 30.3 Å². The van der Waals surface area contributed by atoms with Crippen LogP contribution in [0.5, 0.6) is 0 Å². The van der Waals surface area contributed by atoms with Crippen LogP contribution in [0.1, 0.15) is 17.5 Å². The summed E-state index contributed by atoms with van der Waals surface area (Å²) < 4.78 is 0. The molecule has 0 bridgehead atoms. The maximum Gasteiger partial charge on any atom is 0.270 e. The third-order valence-corrected chi connectivity index (χ3v) is 4.62. The highest BCUT2D eigenvalue weighted by Gasteiger charge is 2.34. The predicted molar refractivity (Wildman–Crippen MR) is 108 cm³/mol. The van der Waals surface area contributed by atoms with E-state index in [9.17, 15) is 24.5 Å². The van der Waals surface area contributed by atoms with Gasteiger partial charge in [-0.05, 0) is 17.2 Å². The van der Waals surface area contributed by atoms with Gasteiger partial charge in [0.25, 0.3) is 11.6 Å². The van der Waals surface area contributed by atoms with Crippen molar-refractivity contribution >= 4 is 29.5 Å². The molecule has 0 aromatic heterocycles. The monoisotopic (exact) mass is 408 g/mol. The maximum atomic E-state index is 12.3. The van der Waals surface area contributed by atoms with Crippen LogP contribution in [-0.4, -0.2) is 34.1 Å². The minimum absolute atomic E-state index is 0.0814. The zero-order valence-corrected chi connectivity index (χ0v) is 16.0. The van der Waals surface area contributed by atoms with Gasteiger partial charge in [0.15, 0.2) is 0 Å². The third kappa shape index (κ3) is 5.51. The molecule has 1 saturated heterocycles. The molecule has 2 N–H and O–H groups in total. The van der Waals surface area contributed by atoms with Gasteiger partial charge in [-0.25, -0.2) is 0 Å². The Hall–Kier alpha value is -4.01. The van der Waals surface area contributed by atoms with E-state index in [0.29, 0.717) is 12.1 Å². The van der Waals surface area contributed by atoms with Crippen molar-refractivity contribution < 1.29 is 19.3 Å². The summed E-state index contributed by atoms with van der Waals surface area (Å²) in [5, 5.41) is 10.8. The number of rotatable bonds is 6. The Bertz CT molecular complexity index is 990. The molecule has 2 aromatic rings. The minimum atomic E-state index is -0.597. The summed E-state index contributed by atoms with van der Waals surface area (Å²) in [6.07, 6.45) is 2.63. The Morgan fingerprint density at radius 1 is 1.13 bits per heavy atom. The van der Waals surface area contributed by atoms with Crippen LogP contribution < -0.4 is 10.9 Å². The first-order chi connectivity index (χ1) is 14.4. The highest BCUT2D eigenvalue weighted by atomic mass is 16.6. The largest absolute Gasteiger partial charge is 0.338 e. The normalized spacial score (nSPS) is 15.9. The Morgan fingerprint density at radius 3 is 2.63 bits per heavy atom. The van der Waals surface area contributed by atoms with E-state index in [4.69, 9.17) is 0 Å². The molecule has 1 atom stereocenters. The molecule has 1 heterocycles. The lowest BCUT2D eigenvalue weighted by atomic mass is 10.1. The summed E-state index contributed by atoms with van der Waals surface area (Å²) in [6, 6.07) is 15.3. The van der Waals surface area contributed by atoms with E-state index in [1.165, 1.54) is 24.3 Å². The lowest BCUT2D eigenvalue weighted by Gasteiger charge is -2.16. The van der Waals surface area contributed by atoms with Crippen LogP contribution in [0.4, 0.5) is 5.69 Å². The Kier molecular flexibility index (Phi) is 6.53. The van der Waals surface area contributed by atoms with Crippen molar-refractivity contribution in [3.63, 3.8) is 0 Å². The zero-order chi connectivity index (χ0) is 21.5. The molecular formula is C21H20N4O5. The number of nitro benzene ring substituents is 1. The molecule has 0 aliphatic carbocycles. The van der Waals surface area contributed by atoms with E-state index in [2.05, 4.69) is 10.9 Å². The molecular weight excluding hydrogens is 388 g/mol. The maximum absolute atomic E-state index is 12.3. The molecule has 1 aliphatic rings. The topological polar surface area (TPSA) is 122 Å². The van der Waals surface area contributed by atoms with E-state index >= 15 is 0 Å². The van der Waals surface area contributed by atoms with Crippen molar-refractivity contribution in [3.8, 4) is 0 Å². The van der Waals surface area contributed by atoms with Crippen LogP contribution in [0.25, 0.3) is 6.08 Å². The molecule has 1 unspecified atom stereocenters. The standard InChI is InChI=1S/C21H20N4O5/c26-19(10-9-15-7-4-8-18(11-15)25(29)30)22-23-21(28)17-12-20(27)24(14-17)13-16-5-2-1-3-6-16/h1-11,17H,12-14H2,(H,22,26)(H,23,28)/b10-9+. The lowest BCUT2D eigenvalue weighted by Crippen LogP contribution is -2.44. The van der Waals surface area contributed by atoms with Gasteiger partial charge >= 0.3 is 0 Å². The van der Waals surface area contributed by atoms with Gasteiger partial charge in [-0.1, -0.05) is 42.5 Å². The fourth-order valence-electron chi connectivity index (χ4n) is 3.09. The van der Waals surface area contributed by atoms with Gasteiger partial charge < -0.3 is 4.90 Å². The quantitative estimate of drug-likeness (QED) is 0.429. The molecule has 3 rings (SSSR count). The molecule has 1 aliphatic heterocycles. The number of hydrazine groups is 1. The van der Waals surface area contributed by atoms with Crippen LogP contribution in [0, 0.1) is 16.0 Å². The zero-order valence-electron chi connectivity index (χ0n) is 16.0. The van der Waals surface area contributed by atoms with Crippen molar-refractivity contribution in [2.24, 2.45) is 5.92 Å². The van der Waals surface area contributed by atoms with Crippen molar-refractivity contribution in [2.45, 2.75) is 13.0 Å². The summed E-state index contributed by atoms with van der Waals surface area (Å²) >= 11 is 0. The minimum Gasteiger partial charge on any atom is -0.338 e. The van der Waals surface area contributed by atoms with Crippen molar-refractivity contribution in [1.82, 2.24) is 15.8 Å². The Morgan fingerprint density at radius 2 is 1.90 bits per heavy atom. The van der Waals surface area contributed by atoms with E-state index in [0.717, 1.165) is 11.6 Å². The first-order valence-corrected chi connectivity index (χ1v) is 9.26. The van der Waals surface area contributed by atoms with E-state index in [1.54, 1.807) is 11.0 Å². The van der Waals surface area contributed by atoms with Crippen molar-refractivity contribution in [2.75, 3.05) is 6.54 Å². The van der Waals surface area contributed by atoms with E-state index in [-0.39, 0.29) is 24.6 Å². The second-order valence-electron chi connectivity index (χ2n) is 6.82. The number of nitro groups is 1. The van der Waals surface area contributed by atoms with Crippen LogP contribution in [0.15, 0.2) is 60.7 Å². The average molecular weight is 408 g/mol. The number of likely N-dealkylation sites (tertiary alicyclic amines) is 1. The van der Waals surface area contributed by atoms with Gasteiger partial charge in [0, 0.05) is 37.7 Å². The summed E-state index contributed by atoms with van der Waals surface area (Å²) in [5.74, 6) is -1.71. The highest BCUT2D eigenvalue weighted by molar-refractivity contribution is 5.94. The first-order valence-electron chi connectivity index (χ1n) is 9.26. The van der Waals surface area contributed by atoms with Gasteiger partial charge in [-0.2, -0.15) is 0 Å². The number of nitrogens with zero attached hydrogens (tertiary/aromatic N) is 2. The summed E-state index contributed by atoms with van der Waals surface area (Å²) in [7, 11) is 0. The lowest BCUT2D eigenvalue weighted by molar-refractivity contribution is -0.384. The van der Waals surface area contributed by atoms with Gasteiger partial charge in [0.05, 0.1) is 10.8 Å². The third-order valence-electron chi connectivity index (χ3n) is 4.62. The van der Waals surface area contributed by atoms with Crippen LogP contribution in [0.3, 0.4) is 0 Å². The van der Waals surface area contributed by atoms with Crippen molar-refractivity contribution in [1.29, 1.82) is 0 Å². The number of carbonyl (C=O) groups excluding carboxylic acids is 3. The number of nitrogens with one attached hydrogen (secondary N) is 2. The van der Waals surface area contributed by atoms with Gasteiger partial charge in [0.1, 0.15) is 0 Å². The van der Waals surface area contributed by atoms with Gasteiger partial charge in [-0.3, -0.25) is 35.3 Å². The molecule has 1 fully saturated rings. The van der Waals surface area contributed by atoms with Gasteiger partial charge in [-0.15, -0.1) is 0 Å². The number of amides is 3. The molecule has 9 heteroatoms. The average Bonchev–Trinajstić information content (AvgIpc) is 3.11. The second-order valence-corrected chi connectivity index (χ2v) is 6.82. The molecule has 3 amide bonds. The molecule has 2 aromatic carbocycles. The molecule has 154 valence electrons. The smallest absolute Gasteiger partial charge is 0.270 e. The SMILES string of the molecule is O=C(/C=C/c1cccc([N+](=O)[O-])c1)NNC(=O)C1CC(=O)N(Cc2ccccc2)C1. The van der Waals surface area contributed by atoms with Crippen molar-refractivity contribution in [3.05, 3.63) is 81.9 Å². The second kappa shape index (κ2) is 9.46. The molecule has 0 saturated carbocycles. The van der Waals surface area contributed by atoms with Gasteiger partial charge in [0.2, 0.25) is 11.8 Å². The summed E-state index contributed by atoms with van der Waals surface area (Å²) in [6.45, 7) is 0.709. The Balaban J connectivity index is 1.48. The summed E-state index contributed by atoms with van der Waals surface area (Å²) in [5.41, 5.74) is 5.94. The number of non-ortho nitro benzene ring substituents is 1. The van der Waals surface area contributed by atoms with E-state index < -0.39 is 22.7 Å². The molecule has 0 radical (unpaired) electrons. The highest BCUT2D eigenvalue weighted by Crippen LogP contribution is 2.20. The molecule has 30 heavy (non-hydrogen) atoms. The molecule has 9 nitrogen and oxygen atoms in total. The fourth-order valence-corrected chi connectivity index (χ4v) is 3.09. The Labute approximate surface area is 172 Å². The first kappa shape index (κ1) is 20.7. The van der Waals surface area contributed by atoms with Crippen LogP contribution in [-0.2, 0) is 20.9 Å². The molecule has 0 spiro atoms. The summed E-state index contributed by atoms with van der Waals surface area (Å²) in [4.78, 5) is 48.2. The predicted octanol–water partition coefficient (Wildman–Crippen LogP) is 1.80. The number of carbonyl (C=O) groups is 3. The number of hydrogen-bond acceptors (Lipinski definition) is 5. The number of benzene rings is 2. The van der Waals surface area contributed by atoms with Crippen LogP contribution in [0.2, 0.25) is 0 Å². The fraction of sp³-hybridized carbons (Fsp3) is 0.190. The number of hydrogen-bond donors (Lipinski definition) is 2. The van der Waals surface area contributed by atoms with Crippen LogP contribution >= 0.6 is 0 Å².